The predicted molar refractivity (Wildman–Crippen MR) is 47.2 cm³/mol. The van der Waals surface area contributed by atoms with Crippen molar-refractivity contribution in [2.75, 3.05) is 6.61 Å². The molecule has 0 aliphatic heterocycles. The minimum absolute atomic E-state index is 0.743. The van der Waals surface area contributed by atoms with E-state index in [0.717, 1.165) is 12.5 Å². The van der Waals surface area contributed by atoms with Crippen molar-refractivity contribution in [3.8, 4) is 0 Å². The summed E-state index contributed by atoms with van der Waals surface area (Å²) in [5.74, 6) is 0.743. The second kappa shape index (κ2) is 4.22. The van der Waals surface area contributed by atoms with Gasteiger partial charge < -0.3 is 4.74 Å². The van der Waals surface area contributed by atoms with Gasteiger partial charge in [-0.15, -0.1) is 0 Å². The molecule has 0 fully saturated rings. The Morgan fingerprint density at radius 1 is 1.82 bits per heavy atom. The maximum atomic E-state index is 5.12. The van der Waals surface area contributed by atoms with E-state index in [9.17, 15) is 0 Å². The number of allylic oxidation sites excluding steroid dienone is 1. The van der Waals surface area contributed by atoms with Crippen LogP contribution in [-0.4, -0.2) is 6.61 Å². The summed E-state index contributed by atoms with van der Waals surface area (Å²) in [5.41, 5.74) is 1.43. The van der Waals surface area contributed by atoms with Gasteiger partial charge in [0.25, 0.3) is 0 Å². The van der Waals surface area contributed by atoms with Gasteiger partial charge in [-0.05, 0) is 30.8 Å². The van der Waals surface area contributed by atoms with Gasteiger partial charge in [0.05, 0.1) is 6.26 Å². The highest BCUT2D eigenvalue weighted by atomic mass is 16.5. The van der Waals surface area contributed by atoms with Crippen molar-refractivity contribution in [2.45, 2.75) is 26.2 Å². The summed E-state index contributed by atoms with van der Waals surface area (Å²) >= 11 is 0. The molecular formula is C10H16O. The first-order valence-corrected chi connectivity index (χ1v) is 4.25. The largest absolute Gasteiger partial charge is 0.497 e. The number of hydrogen-bond acceptors (Lipinski definition) is 1. The monoisotopic (exact) mass is 152 g/mol. The van der Waals surface area contributed by atoms with E-state index in [1.54, 1.807) is 0 Å². The molecule has 1 unspecified atom stereocenters. The molecule has 1 atom stereocenters. The van der Waals surface area contributed by atoms with Crippen LogP contribution in [0.15, 0.2) is 24.5 Å². The van der Waals surface area contributed by atoms with Crippen LogP contribution >= 0.6 is 0 Å². The van der Waals surface area contributed by atoms with E-state index < -0.39 is 0 Å². The summed E-state index contributed by atoms with van der Waals surface area (Å²) in [7, 11) is 0. The topological polar surface area (TPSA) is 9.23 Å². The van der Waals surface area contributed by atoms with Crippen LogP contribution in [0.2, 0.25) is 0 Å². The number of rotatable bonds is 3. The molecule has 0 heterocycles. The lowest BCUT2D eigenvalue weighted by atomic mass is 9.92. The van der Waals surface area contributed by atoms with Crippen molar-refractivity contribution in [1.29, 1.82) is 0 Å². The lowest BCUT2D eigenvalue weighted by molar-refractivity contribution is 0.273. The Labute approximate surface area is 68.8 Å². The van der Waals surface area contributed by atoms with Gasteiger partial charge in [0.15, 0.2) is 0 Å². The Bertz CT molecular complexity index is 158. The maximum absolute atomic E-state index is 5.12. The number of ether oxygens (including phenoxy) is 1. The number of hydrogen-bond donors (Lipinski definition) is 0. The quantitative estimate of drug-likeness (QED) is 0.446. The van der Waals surface area contributed by atoms with Crippen molar-refractivity contribution in [1.82, 2.24) is 0 Å². The third-order valence-electron chi connectivity index (χ3n) is 2.06. The van der Waals surface area contributed by atoms with E-state index in [4.69, 9.17) is 4.74 Å². The van der Waals surface area contributed by atoms with Crippen molar-refractivity contribution in [3.63, 3.8) is 0 Å². The summed E-state index contributed by atoms with van der Waals surface area (Å²) in [6.07, 6.45) is 7.69. The third-order valence-corrected chi connectivity index (χ3v) is 2.06. The third kappa shape index (κ3) is 2.79. The van der Waals surface area contributed by atoms with Gasteiger partial charge in [0.2, 0.25) is 0 Å². The van der Waals surface area contributed by atoms with Crippen molar-refractivity contribution < 1.29 is 4.74 Å². The molecule has 1 aliphatic rings. The van der Waals surface area contributed by atoms with Crippen LogP contribution in [0.5, 0.6) is 0 Å². The summed E-state index contributed by atoms with van der Waals surface area (Å²) in [4.78, 5) is 0. The Morgan fingerprint density at radius 3 is 3.27 bits per heavy atom. The lowest BCUT2D eigenvalue weighted by Crippen LogP contribution is -2.04. The molecule has 0 N–H and O–H groups in total. The molecule has 11 heavy (non-hydrogen) atoms. The van der Waals surface area contributed by atoms with Crippen molar-refractivity contribution >= 4 is 0 Å². The Morgan fingerprint density at radius 2 is 2.64 bits per heavy atom. The fourth-order valence-electron chi connectivity index (χ4n) is 1.51. The molecular weight excluding hydrogens is 136 g/mol. The first kappa shape index (κ1) is 8.38. The van der Waals surface area contributed by atoms with Gasteiger partial charge in [-0.2, -0.15) is 0 Å². The highest BCUT2D eigenvalue weighted by molar-refractivity contribution is 5.07. The molecule has 1 heteroatoms. The van der Waals surface area contributed by atoms with Gasteiger partial charge in [0, 0.05) is 0 Å². The lowest BCUT2D eigenvalue weighted by Gasteiger charge is -2.16. The zero-order valence-corrected chi connectivity index (χ0v) is 7.18. The first-order chi connectivity index (χ1) is 5.33. The van der Waals surface area contributed by atoms with Crippen molar-refractivity contribution in [3.05, 3.63) is 24.5 Å². The molecule has 0 saturated heterocycles. The molecule has 0 saturated carbocycles. The van der Waals surface area contributed by atoms with Crippen LogP contribution in [0.25, 0.3) is 0 Å². The first-order valence-electron chi connectivity index (χ1n) is 4.25. The normalized spacial score (nSPS) is 24.1. The Balaban J connectivity index is 2.36. The van der Waals surface area contributed by atoms with E-state index in [1.807, 2.05) is 0 Å². The van der Waals surface area contributed by atoms with Gasteiger partial charge in [-0.1, -0.05) is 19.6 Å². The minimum atomic E-state index is 0.743. The Kier molecular flexibility index (Phi) is 3.21. The smallest absolute Gasteiger partial charge is 0.108 e. The van der Waals surface area contributed by atoms with E-state index in [1.165, 1.54) is 31.1 Å². The molecule has 1 nitrogen and oxygen atoms in total. The van der Waals surface area contributed by atoms with E-state index >= 15 is 0 Å². The van der Waals surface area contributed by atoms with Crippen LogP contribution in [-0.2, 0) is 4.74 Å². The summed E-state index contributed by atoms with van der Waals surface area (Å²) < 4.78 is 5.12. The minimum Gasteiger partial charge on any atom is -0.497 e. The van der Waals surface area contributed by atoms with Crippen LogP contribution in [0.3, 0.4) is 0 Å². The molecule has 0 spiro atoms. The fraction of sp³-hybridized carbons (Fsp3) is 0.600. The predicted octanol–water partition coefficient (Wildman–Crippen LogP) is 2.89. The van der Waals surface area contributed by atoms with Crippen LogP contribution in [0, 0.1) is 5.92 Å². The molecule has 0 aromatic heterocycles. The zero-order chi connectivity index (χ0) is 8.10. The van der Waals surface area contributed by atoms with Gasteiger partial charge in [-0.25, -0.2) is 0 Å². The Hall–Kier alpha value is -0.720. The molecule has 1 aliphatic carbocycles. The molecule has 0 aromatic rings. The summed E-state index contributed by atoms with van der Waals surface area (Å²) in [5, 5.41) is 0. The average Bonchev–Trinajstić information content (AvgIpc) is 2.01. The standard InChI is InChI=1S/C10H16O/c1-3-11-8-10-6-4-5-9(2)7-10/h3,7,9H,1,4-6,8H2,2H3. The van der Waals surface area contributed by atoms with Crippen LogP contribution < -0.4 is 0 Å². The molecule has 0 radical (unpaired) electrons. The van der Waals surface area contributed by atoms with Gasteiger partial charge in [-0.3, -0.25) is 0 Å². The van der Waals surface area contributed by atoms with Crippen LogP contribution in [0.4, 0.5) is 0 Å². The average molecular weight is 152 g/mol. The van der Waals surface area contributed by atoms with E-state index in [-0.39, 0.29) is 0 Å². The highest BCUT2D eigenvalue weighted by Crippen LogP contribution is 2.22. The van der Waals surface area contributed by atoms with E-state index in [2.05, 4.69) is 19.6 Å². The zero-order valence-electron chi connectivity index (χ0n) is 7.18. The molecule has 0 bridgehead atoms. The van der Waals surface area contributed by atoms with Gasteiger partial charge in [0.1, 0.15) is 6.61 Å². The maximum Gasteiger partial charge on any atom is 0.108 e. The van der Waals surface area contributed by atoms with Gasteiger partial charge >= 0.3 is 0 Å². The molecule has 62 valence electrons. The molecule has 0 aromatic carbocycles. The summed E-state index contributed by atoms with van der Waals surface area (Å²) in [6.45, 7) is 6.52. The van der Waals surface area contributed by atoms with Crippen LogP contribution in [0.1, 0.15) is 26.2 Å². The second-order valence-corrected chi connectivity index (χ2v) is 3.17. The van der Waals surface area contributed by atoms with E-state index in [0.29, 0.717) is 0 Å². The highest BCUT2D eigenvalue weighted by Gasteiger charge is 2.08. The molecule has 0 amide bonds. The van der Waals surface area contributed by atoms with Crippen molar-refractivity contribution in [2.24, 2.45) is 5.92 Å². The fourth-order valence-corrected chi connectivity index (χ4v) is 1.51. The SMILES string of the molecule is C=COCC1=CC(C)CCC1. The summed E-state index contributed by atoms with van der Waals surface area (Å²) in [6, 6.07) is 0. The second-order valence-electron chi connectivity index (χ2n) is 3.17. The molecule has 1 rings (SSSR count).